The van der Waals surface area contributed by atoms with E-state index in [4.69, 9.17) is 9.15 Å². The molecule has 0 aliphatic carbocycles. The number of methoxy groups -OCH3 is 1. The second-order valence-electron chi connectivity index (χ2n) is 4.22. The zero-order valence-corrected chi connectivity index (χ0v) is 10.4. The summed E-state index contributed by atoms with van der Waals surface area (Å²) >= 11 is 0. The molecule has 0 saturated heterocycles. The number of ether oxygens (including phenoxy) is 1. The van der Waals surface area contributed by atoms with E-state index in [-0.39, 0.29) is 5.43 Å². The van der Waals surface area contributed by atoms with E-state index in [1.54, 1.807) is 7.11 Å². The van der Waals surface area contributed by atoms with Crippen molar-refractivity contribution in [3.05, 3.63) is 65.0 Å². The van der Waals surface area contributed by atoms with E-state index in [0.29, 0.717) is 11.0 Å². The summed E-state index contributed by atoms with van der Waals surface area (Å²) in [7, 11) is 1.64. The Kier molecular flexibility index (Phi) is 2.80. The molecular formula is C16H12O3. The molecule has 0 spiro atoms. The molecule has 0 N–H and O–H groups in total. The van der Waals surface area contributed by atoms with E-state index in [2.05, 4.69) is 0 Å². The number of hydrogen-bond donors (Lipinski definition) is 0. The Morgan fingerprint density at radius 1 is 0.947 bits per heavy atom. The summed E-state index contributed by atoms with van der Waals surface area (Å²) < 4.78 is 10.4. The number of fused-ring (bicyclic) bond motifs is 1. The Bertz CT molecular complexity index is 770. The molecule has 3 aromatic rings. The first kappa shape index (κ1) is 11.5. The summed E-state index contributed by atoms with van der Waals surface area (Å²) in [5, 5.41) is 0.593. The minimum absolute atomic E-state index is 0.0309. The lowest BCUT2D eigenvalue weighted by molar-refractivity contribution is 0.415. The normalized spacial score (nSPS) is 10.6. The molecule has 0 fully saturated rings. The van der Waals surface area contributed by atoms with Gasteiger partial charge in [-0.05, 0) is 35.4 Å². The molecule has 0 bridgehead atoms. The molecular weight excluding hydrogens is 240 g/mol. The monoisotopic (exact) mass is 252 g/mol. The number of rotatable bonds is 2. The van der Waals surface area contributed by atoms with Gasteiger partial charge in [0.15, 0.2) is 5.43 Å². The molecule has 19 heavy (non-hydrogen) atoms. The molecule has 0 atom stereocenters. The first-order chi connectivity index (χ1) is 9.28. The molecule has 0 amide bonds. The molecule has 0 unspecified atom stereocenters. The first-order valence-electron chi connectivity index (χ1n) is 5.94. The van der Waals surface area contributed by atoms with Gasteiger partial charge >= 0.3 is 0 Å². The summed E-state index contributed by atoms with van der Waals surface area (Å²) in [5.41, 5.74) is 2.58. The van der Waals surface area contributed by atoms with E-state index in [0.717, 1.165) is 16.9 Å². The average Bonchev–Trinajstić information content (AvgIpc) is 2.47. The molecule has 1 heterocycles. The molecule has 0 saturated carbocycles. The lowest BCUT2D eigenvalue weighted by atomic mass is 10.0. The Balaban J connectivity index is 2.14. The maximum atomic E-state index is 11.8. The van der Waals surface area contributed by atoms with Gasteiger partial charge in [-0.15, -0.1) is 0 Å². The zero-order chi connectivity index (χ0) is 13.2. The van der Waals surface area contributed by atoms with Gasteiger partial charge in [0.05, 0.1) is 18.8 Å². The van der Waals surface area contributed by atoms with E-state index < -0.39 is 0 Å². The molecule has 0 aliphatic rings. The zero-order valence-electron chi connectivity index (χ0n) is 10.4. The Hall–Kier alpha value is -2.55. The molecule has 3 heteroatoms. The van der Waals surface area contributed by atoms with Crippen molar-refractivity contribution in [3.63, 3.8) is 0 Å². The fraction of sp³-hybridized carbons (Fsp3) is 0.0625. The summed E-state index contributed by atoms with van der Waals surface area (Å²) in [5.74, 6) is 0.809. The molecule has 94 valence electrons. The Labute approximate surface area is 110 Å². The van der Waals surface area contributed by atoms with Crippen LogP contribution in [0.4, 0.5) is 0 Å². The Morgan fingerprint density at radius 2 is 1.68 bits per heavy atom. The van der Waals surface area contributed by atoms with Crippen LogP contribution in [-0.2, 0) is 0 Å². The topological polar surface area (TPSA) is 39.4 Å². The maximum Gasteiger partial charge on any atom is 0.192 e. The molecule has 2 aromatic carbocycles. The van der Waals surface area contributed by atoms with Crippen LogP contribution in [0.5, 0.6) is 5.75 Å². The van der Waals surface area contributed by atoms with Crippen molar-refractivity contribution >= 4 is 11.0 Å². The van der Waals surface area contributed by atoms with Crippen LogP contribution in [0, 0.1) is 0 Å². The van der Waals surface area contributed by atoms with Crippen LogP contribution in [0.15, 0.2) is 64.0 Å². The predicted octanol–water partition coefficient (Wildman–Crippen LogP) is 3.47. The summed E-state index contributed by atoms with van der Waals surface area (Å²) in [6, 6.07) is 14.8. The van der Waals surface area contributed by atoms with Crippen molar-refractivity contribution in [1.29, 1.82) is 0 Å². The summed E-state index contributed by atoms with van der Waals surface area (Å²) in [6.07, 6.45) is 1.41. The van der Waals surface area contributed by atoms with Gasteiger partial charge < -0.3 is 9.15 Å². The lowest BCUT2D eigenvalue weighted by Gasteiger charge is -2.04. The maximum absolute atomic E-state index is 11.8. The van der Waals surface area contributed by atoms with Crippen molar-refractivity contribution in [1.82, 2.24) is 0 Å². The lowest BCUT2D eigenvalue weighted by Crippen LogP contribution is -1.97. The van der Waals surface area contributed by atoms with Gasteiger partial charge in [-0.1, -0.05) is 18.2 Å². The standard InChI is InChI=1S/C16H12O3/c1-18-13-5-2-11(3-6-13)12-4-7-16-14(10-12)15(17)8-9-19-16/h2-10H,1H3. The third-order valence-electron chi connectivity index (χ3n) is 3.08. The first-order valence-corrected chi connectivity index (χ1v) is 5.94. The van der Waals surface area contributed by atoms with Crippen molar-refractivity contribution < 1.29 is 9.15 Å². The van der Waals surface area contributed by atoms with E-state index >= 15 is 0 Å². The van der Waals surface area contributed by atoms with Crippen LogP contribution in [0.2, 0.25) is 0 Å². The van der Waals surface area contributed by atoms with Crippen LogP contribution in [0.1, 0.15) is 0 Å². The SMILES string of the molecule is COc1ccc(-c2ccc3occc(=O)c3c2)cc1. The number of benzene rings is 2. The molecule has 1 aromatic heterocycles. The van der Waals surface area contributed by atoms with Gasteiger partial charge in [0.1, 0.15) is 11.3 Å². The van der Waals surface area contributed by atoms with Crippen molar-refractivity contribution in [2.24, 2.45) is 0 Å². The van der Waals surface area contributed by atoms with Crippen molar-refractivity contribution in [2.45, 2.75) is 0 Å². The highest BCUT2D eigenvalue weighted by Crippen LogP contribution is 2.24. The third-order valence-corrected chi connectivity index (χ3v) is 3.08. The van der Waals surface area contributed by atoms with Gasteiger partial charge in [-0.25, -0.2) is 0 Å². The highest BCUT2D eigenvalue weighted by atomic mass is 16.5. The van der Waals surface area contributed by atoms with Crippen LogP contribution in [-0.4, -0.2) is 7.11 Å². The smallest absolute Gasteiger partial charge is 0.192 e. The molecule has 0 radical (unpaired) electrons. The van der Waals surface area contributed by atoms with Gasteiger partial charge in [0, 0.05) is 6.07 Å². The van der Waals surface area contributed by atoms with E-state index in [9.17, 15) is 4.79 Å². The second-order valence-corrected chi connectivity index (χ2v) is 4.22. The minimum Gasteiger partial charge on any atom is -0.497 e. The van der Waals surface area contributed by atoms with E-state index in [1.165, 1.54) is 12.3 Å². The fourth-order valence-electron chi connectivity index (χ4n) is 2.05. The largest absolute Gasteiger partial charge is 0.497 e. The van der Waals surface area contributed by atoms with Gasteiger partial charge in [-0.2, -0.15) is 0 Å². The van der Waals surface area contributed by atoms with Crippen LogP contribution >= 0.6 is 0 Å². The molecule has 3 nitrogen and oxygen atoms in total. The highest BCUT2D eigenvalue weighted by Gasteiger charge is 2.03. The summed E-state index contributed by atoms with van der Waals surface area (Å²) in [6.45, 7) is 0. The molecule has 0 aliphatic heterocycles. The van der Waals surface area contributed by atoms with Gasteiger partial charge in [-0.3, -0.25) is 4.79 Å². The second kappa shape index (κ2) is 4.61. The van der Waals surface area contributed by atoms with Crippen LogP contribution < -0.4 is 10.2 Å². The van der Waals surface area contributed by atoms with Crippen LogP contribution in [0.3, 0.4) is 0 Å². The van der Waals surface area contributed by atoms with Crippen molar-refractivity contribution in [2.75, 3.05) is 7.11 Å². The highest BCUT2D eigenvalue weighted by molar-refractivity contribution is 5.82. The van der Waals surface area contributed by atoms with Gasteiger partial charge in [0.25, 0.3) is 0 Å². The van der Waals surface area contributed by atoms with Gasteiger partial charge in [0.2, 0.25) is 0 Å². The average molecular weight is 252 g/mol. The molecule has 3 rings (SSSR count). The van der Waals surface area contributed by atoms with Crippen molar-refractivity contribution in [3.8, 4) is 16.9 Å². The van der Waals surface area contributed by atoms with E-state index in [1.807, 2.05) is 42.5 Å². The summed E-state index contributed by atoms with van der Waals surface area (Å²) in [4.78, 5) is 11.8. The van der Waals surface area contributed by atoms with Crippen LogP contribution in [0.25, 0.3) is 22.1 Å². The predicted molar refractivity (Wildman–Crippen MR) is 74.5 cm³/mol. The minimum atomic E-state index is -0.0309. The fourth-order valence-corrected chi connectivity index (χ4v) is 2.05. The Morgan fingerprint density at radius 3 is 2.42 bits per heavy atom. The third kappa shape index (κ3) is 2.10. The quantitative estimate of drug-likeness (QED) is 0.701. The number of hydrogen-bond acceptors (Lipinski definition) is 3.